The van der Waals surface area contributed by atoms with Gasteiger partial charge < -0.3 is 26.1 Å². The van der Waals surface area contributed by atoms with E-state index < -0.39 is 17.9 Å². The van der Waals surface area contributed by atoms with Crippen LogP contribution in [0.2, 0.25) is 0 Å². The first-order chi connectivity index (χ1) is 20.9. The minimum atomic E-state index is -0.621. The fourth-order valence-electron chi connectivity index (χ4n) is 4.66. The van der Waals surface area contributed by atoms with Crippen LogP contribution >= 0.6 is 0 Å². The molecule has 0 radical (unpaired) electrons. The molecule has 3 heterocycles. The number of anilines is 2. The molecule has 0 spiro atoms. The molecule has 0 aliphatic carbocycles. The summed E-state index contributed by atoms with van der Waals surface area (Å²) in [5, 5.41) is 16.2. The normalized spacial score (nSPS) is 11.5. The Bertz CT molecular complexity index is 1810. The number of nitriles is 1. The number of nitrogens with two attached hydrogens (primary N) is 1. The molecular formula is C31H27FN8O3. The van der Waals surface area contributed by atoms with Crippen molar-refractivity contribution in [2.75, 3.05) is 24.7 Å². The van der Waals surface area contributed by atoms with E-state index in [9.17, 15) is 19.2 Å². The lowest BCUT2D eigenvalue weighted by Crippen LogP contribution is -2.28. The Hall–Kier alpha value is -5.83. The molecular weight excluding hydrogens is 551 g/mol. The zero-order valence-electron chi connectivity index (χ0n) is 23.1. The Balaban J connectivity index is 1.39. The van der Waals surface area contributed by atoms with Crippen molar-refractivity contribution in [1.82, 2.24) is 25.3 Å². The number of pyridine rings is 1. The van der Waals surface area contributed by atoms with Crippen LogP contribution in [0.4, 0.5) is 16.0 Å². The van der Waals surface area contributed by atoms with Crippen molar-refractivity contribution < 1.29 is 18.7 Å². The second kappa shape index (κ2) is 12.8. The van der Waals surface area contributed by atoms with Crippen LogP contribution in [0.3, 0.4) is 0 Å². The maximum absolute atomic E-state index is 13.2. The average Bonchev–Trinajstić information content (AvgIpc) is 3.47. The minimum Gasteiger partial charge on any atom is -0.469 e. The van der Waals surface area contributed by atoms with Crippen LogP contribution in [-0.2, 0) is 16.0 Å². The predicted molar refractivity (Wildman–Crippen MR) is 158 cm³/mol. The van der Waals surface area contributed by atoms with Crippen LogP contribution in [0, 0.1) is 17.1 Å². The molecule has 2 aromatic carbocycles. The number of carbonyl (C=O) groups is 2. The van der Waals surface area contributed by atoms with Gasteiger partial charge in [0.2, 0.25) is 0 Å². The van der Waals surface area contributed by atoms with Gasteiger partial charge in [-0.05, 0) is 41.3 Å². The summed E-state index contributed by atoms with van der Waals surface area (Å²) in [6.45, 7) is 0.275. The number of hydrogen-bond acceptors (Lipinski definition) is 9. The van der Waals surface area contributed by atoms with E-state index in [1.807, 2.05) is 30.3 Å². The van der Waals surface area contributed by atoms with Crippen molar-refractivity contribution in [3.05, 3.63) is 101 Å². The van der Waals surface area contributed by atoms with Crippen molar-refractivity contribution in [3.8, 4) is 17.2 Å². The zero-order valence-corrected chi connectivity index (χ0v) is 23.1. The number of H-pyrrole nitrogens is 1. The molecule has 5 rings (SSSR count). The van der Waals surface area contributed by atoms with Gasteiger partial charge in [-0.25, -0.2) is 19.3 Å². The quantitative estimate of drug-likeness (QED) is 0.176. The van der Waals surface area contributed by atoms with Gasteiger partial charge in [-0.1, -0.05) is 36.4 Å². The van der Waals surface area contributed by atoms with Crippen LogP contribution < -0.4 is 16.4 Å². The number of fused-ring (bicyclic) bond motifs is 1. The number of amides is 1. The van der Waals surface area contributed by atoms with E-state index in [1.54, 1.807) is 18.3 Å². The summed E-state index contributed by atoms with van der Waals surface area (Å²) in [5.41, 5.74) is 10.3. The first-order valence-corrected chi connectivity index (χ1v) is 13.3. The number of carbonyl (C=O) groups excluding carboxylic acids is 2. The zero-order chi connectivity index (χ0) is 30.3. The van der Waals surface area contributed by atoms with Crippen LogP contribution in [0.1, 0.15) is 39.5 Å². The summed E-state index contributed by atoms with van der Waals surface area (Å²) in [5.74, 6) is -0.720. The first kappa shape index (κ1) is 28.7. The highest BCUT2D eigenvalue weighted by Gasteiger charge is 2.22. The number of rotatable bonds is 10. The number of aromatic nitrogens is 4. The maximum atomic E-state index is 13.2. The summed E-state index contributed by atoms with van der Waals surface area (Å²) in [7, 11) is 1.30. The smallest absolute Gasteiger partial charge is 0.307 e. The SMILES string of the molecule is COC(=O)C[C@@H](Nc1ncc(C#N)cc1C(=O)NCCc1ccc(F)cc1)c1ccc(-c2c[nH]c3ncnc(N)c23)cc1. The van der Waals surface area contributed by atoms with Crippen molar-refractivity contribution in [2.45, 2.75) is 18.9 Å². The van der Waals surface area contributed by atoms with E-state index in [0.717, 1.165) is 22.3 Å². The summed E-state index contributed by atoms with van der Waals surface area (Å²) in [4.78, 5) is 41.3. The highest BCUT2D eigenvalue weighted by atomic mass is 19.1. The molecule has 0 aliphatic heterocycles. The Labute approximate surface area is 246 Å². The van der Waals surface area contributed by atoms with Gasteiger partial charge in [0.1, 0.15) is 35.5 Å². The van der Waals surface area contributed by atoms with Gasteiger partial charge in [0.05, 0.1) is 36.1 Å². The molecule has 0 saturated carbocycles. The lowest BCUT2D eigenvalue weighted by Gasteiger charge is -2.21. The summed E-state index contributed by atoms with van der Waals surface area (Å²) >= 11 is 0. The third kappa shape index (κ3) is 6.57. The van der Waals surface area contributed by atoms with Crippen molar-refractivity contribution >= 4 is 34.5 Å². The molecule has 0 fully saturated rings. The molecule has 0 saturated heterocycles. The molecule has 12 heteroatoms. The van der Waals surface area contributed by atoms with E-state index in [1.165, 1.54) is 37.8 Å². The third-order valence-electron chi connectivity index (χ3n) is 6.91. The summed E-state index contributed by atoms with van der Waals surface area (Å²) in [6.07, 6.45) is 4.96. The standard InChI is InChI=1S/C31H27FN8O3/c1-43-26(41)13-25(21-6-4-20(5-7-21)24-16-37-30-27(24)28(34)38-17-39-30)40-29-23(12-19(14-33)15-36-29)31(42)35-11-10-18-2-8-22(32)9-3-18/h2-9,12,15-17,25H,10-11,13H2,1H3,(H,35,42)(H,36,40)(H3,34,37,38,39)/t25-/m1/s1. The predicted octanol–water partition coefficient (Wildman–Crippen LogP) is 4.30. The van der Waals surface area contributed by atoms with Crippen LogP contribution in [-0.4, -0.2) is 45.5 Å². The fraction of sp³-hybridized carbons (Fsp3) is 0.161. The van der Waals surface area contributed by atoms with E-state index in [0.29, 0.717) is 23.3 Å². The lowest BCUT2D eigenvalue weighted by atomic mass is 9.98. The number of hydrogen-bond donors (Lipinski definition) is 4. The number of methoxy groups -OCH3 is 1. The Morgan fingerprint density at radius 2 is 1.88 bits per heavy atom. The molecule has 0 aliphatic rings. The van der Waals surface area contributed by atoms with Gasteiger partial charge in [0.15, 0.2) is 0 Å². The lowest BCUT2D eigenvalue weighted by molar-refractivity contribution is -0.140. The molecule has 0 unspecified atom stereocenters. The van der Waals surface area contributed by atoms with Gasteiger partial charge in [-0.2, -0.15) is 5.26 Å². The van der Waals surface area contributed by atoms with Gasteiger partial charge in [0, 0.05) is 24.5 Å². The molecule has 43 heavy (non-hydrogen) atoms. The molecule has 5 aromatic rings. The van der Waals surface area contributed by atoms with Crippen LogP contribution in [0.25, 0.3) is 22.2 Å². The van der Waals surface area contributed by atoms with E-state index in [2.05, 4.69) is 30.6 Å². The Morgan fingerprint density at radius 1 is 1.12 bits per heavy atom. The van der Waals surface area contributed by atoms with Gasteiger partial charge in [0.25, 0.3) is 5.91 Å². The highest BCUT2D eigenvalue weighted by Crippen LogP contribution is 2.32. The van der Waals surface area contributed by atoms with E-state index >= 15 is 0 Å². The molecule has 3 aromatic heterocycles. The summed E-state index contributed by atoms with van der Waals surface area (Å²) < 4.78 is 18.1. The molecule has 11 nitrogen and oxygen atoms in total. The molecule has 0 bridgehead atoms. The Morgan fingerprint density at radius 3 is 2.60 bits per heavy atom. The number of ether oxygens (including phenoxy) is 1. The second-order valence-corrected chi connectivity index (χ2v) is 9.65. The number of halogens is 1. The van der Waals surface area contributed by atoms with Crippen molar-refractivity contribution in [3.63, 3.8) is 0 Å². The van der Waals surface area contributed by atoms with Gasteiger partial charge in [-0.15, -0.1) is 0 Å². The number of aromatic amines is 1. The topological polar surface area (TPSA) is 172 Å². The monoisotopic (exact) mass is 578 g/mol. The molecule has 1 amide bonds. The van der Waals surface area contributed by atoms with Crippen LogP contribution in [0.15, 0.2) is 73.3 Å². The number of esters is 1. The largest absolute Gasteiger partial charge is 0.469 e. The second-order valence-electron chi connectivity index (χ2n) is 9.65. The third-order valence-corrected chi connectivity index (χ3v) is 6.91. The fourth-order valence-corrected chi connectivity index (χ4v) is 4.66. The maximum Gasteiger partial charge on any atom is 0.307 e. The van der Waals surface area contributed by atoms with E-state index in [-0.39, 0.29) is 35.7 Å². The molecule has 5 N–H and O–H groups in total. The van der Waals surface area contributed by atoms with Gasteiger partial charge >= 0.3 is 5.97 Å². The summed E-state index contributed by atoms with van der Waals surface area (Å²) in [6, 6.07) is 16.3. The molecule has 1 atom stereocenters. The van der Waals surface area contributed by atoms with Crippen molar-refractivity contribution in [2.24, 2.45) is 0 Å². The first-order valence-electron chi connectivity index (χ1n) is 13.3. The number of nitrogens with zero attached hydrogens (tertiary/aromatic N) is 4. The molecule has 216 valence electrons. The minimum absolute atomic E-state index is 0.0585. The number of nitrogen functional groups attached to an aromatic ring is 1. The van der Waals surface area contributed by atoms with Crippen molar-refractivity contribution in [1.29, 1.82) is 5.26 Å². The highest BCUT2D eigenvalue weighted by molar-refractivity contribution is 6.00. The van der Waals surface area contributed by atoms with Gasteiger partial charge in [-0.3, -0.25) is 9.59 Å². The van der Waals surface area contributed by atoms with Crippen LogP contribution in [0.5, 0.6) is 0 Å². The average molecular weight is 579 g/mol. The number of nitrogens with one attached hydrogen (secondary N) is 3. The number of benzene rings is 2. The van der Waals surface area contributed by atoms with E-state index in [4.69, 9.17) is 10.5 Å². The Kier molecular flexibility index (Phi) is 8.53.